The van der Waals surface area contributed by atoms with Gasteiger partial charge in [-0.2, -0.15) is 0 Å². The van der Waals surface area contributed by atoms with E-state index in [2.05, 4.69) is 26.5 Å². The van der Waals surface area contributed by atoms with Gasteiger partial charge in [0.2, 0.25) is 0 Å². The number of nitrogens with zero attached hydrogens (tertiary/aromatic N) is 1. The van der Waals surface area contributed by atoms with Crippen molar-refractivity contribution < 1.29 is 0 Å². The summed E-state index contributed by atoms with van der Waals surface area (Å²) in [6.07, 6.45) is 4.18. The summed E-state index contributed by atoms with van der Waals surface area (Å²) in [5.41, 5.74) is 1.36. The zero-order chi connectivity index (χ0) is 8.60. The standard InChI is InChI=1S/C9H19N2P/c1-10-7-9-3-2-4-11(9)6-8(12)5-9/h8,10H,2-7,12H2,1H3/t8?,9-/m0/s1. The predicted molar refractivity (Wildman–Crippen MR) is 55.6 cm³/mol. The summed E-state index contributed by atoms with van der Waals surface area (Å²) in [6, 6.07) is 0. The highest BCUT2D eigenvalue weighted by molar-refractivity contribution is 7.17. The molecule has 2 saturated heterocycles. The molecule has 2 unspecified atom stereocenters. The van der Waals surface area contributed by atoms with E-state index in [1.54, 1.807) is 0 Å². The quantitative estimate of drug-likeness (QED) is 0.638. The second kappa shape index (κ2) is 3.25. The van der Waals surface area contributed by atoms with Gasteiger partial charge in [0.25, 0.3) is 0 Å². The van der Waals surface area contributed by atoms with Crippen LogP contribution in [0.5, 0.6) is 0 Å². The largest absolute Gasteiger partial charge is 0.318 e. The van der Waals surface area contributed by atoms with E-state index in [1.165, 1.54) is 38.9 Å². The molecule has 70 valence electrons. The van der Waals surface area contributed by atoms with Crippen LogP contribution in [-0.4, -0.2) is 42.8 Å². The van der Waals surface area contributed by atoms with Gasteiger partial charge in [-0.3, -0.25) is 4.90 Å². The molecule has 12 heavy (non-hydrogen) atoms. The monoisotopic (exact) mass is 186 g/mol. The zero-order valence-corrected chi connectivity index (χ0v) is 9.00. The first-order chi connectivity index (χ1) is 5.77. The molecular weight excluding hydrogens is 167 g/mol. The van der Waals surface area contributed by atoms with Gasteiger partial charge in [0.1, 0.15) is 0 Å². The van der Waals surface area contributed by atoms with Gasteiger partial charge in [-0.1, -0.05) is 0 Å². The topological polar surface area (TPSA) is 15.3 Å². The second-order valence-corrected chi connectivity index (χ2v) is 5.21. The summed E-state index contributed by atoms with van der Waals surface area (Å²) in [5.74, 6) is 0. The van der Waals surface area contributed by atoms with Crippen molar-refractivity contribution in [3.8, 4) is 0 Å². The van der Waals surface area contributed by atoms with Crippen LogP contribution in [0.2, 0.25) is 0 Å². The van der Waals surface area contributed by atoms with Crippen molar-refractivity contribution in [3.63, 3.8) is 0 Å². The molecule has 0 bridgehead atoms. The van der Waals surface area contributed by atoms with Crippen LogP contribution in [0.25, 0.3) is 0 Å². The molecule has 0 aromatic heterocycles. The van der Waals surface area contributed by atoms with E-state index in [4.69, 9.17) is 0 Å². The van der Waals surface area contributed by atoms with Crippen LogP contribution in [-0.2, 0) is 0 Å². The van der Waals surface area contributed by atoms with E-state index < -0.39 is 0 Å². The van der Waals surface area contributed by atoms with Crippen molar-refractivity contribution in [2.24, 2.45) is 0 Å². The molecule has 0 aromatic carbocycles. The van der Waals surface area contributed by atoms with Crippen molar-refractivity contribution >= 4 is 9.24 Å². The molecule has 3 atom stereocenters. The first-order valence-corrected chi connectivity index (χ1v) is 5.59. The first-order valence-electron chi connectivity index (χ1n) is 4.92. The summed E-state index contributed by atoms with van der Waals surface area (Å²) in [5, 5.41) is 3.34. The number of fused-ring (bicyclic) bond motifs is 1. The molecule has 2 heterocycles. The van der Waals surface area contributed by atoms with E-state index in [9.17, 15) is 0 Å². The fraction of sp³-hybridized carbons (Fsp3) is 1.00. The van der Waals surface area contributed by atoms with Crippen molar-refractivity contribution in [2.45, 2.75) is 30.5 Å². The van der Waals surface area contributed by atoms with Crippen molar-refractivity contribution in [1.82, 2.24) is 10.2 Å². The minimum atomic E-state index is 0.529. The smallest absolute Gasteiger partial charge is 0.0340 e. The highest BCUT2D eigenvalue weighted by Crippen LogP contribution is 2.40. The number of rotatable bonds is 2. The molecule has 0 amide bonds. The molecule has 0 spiro atoms. The molecular formula is C9H19N2P. The lowest BCUT2D eigenvalue weighted by Gasteiger charge is -2.31. The molecule has 1 N–H and O–H groups in total. The highest BCUT2D eigenvalue weighted by atomic mass is 31.0. The summed E-state index contributed by atoms with van der Waals surface area (Å²) < 4.78 is 0. The average Bonchev–Trinajstić information content (AvgIpc) is 2.44. The molecule has 0 aliphatic carbocycles. The van der Waals surface area contributed by atoms with Crippen LogP contribution < -0.4 is 5.32 Å². The predicted octanol–water partition coefficient (Wildman–Crippen LogP) is 0.688. The van der Waals surface area contributed by atoms with Gasteiger partial charge in [-0.25, -0.2) is 0 Å². The second-order valence-electron chi connectivity index (χ2n) is 4.27. The van der Waals surface area contributed by atoms with Gasteiger partial charge < -0.3 is 5.32 Å². The Morgan fingerprint density at radius 2 is 2.50 bits per heavy atom. The normalized spacial score (nSPS) is 42.0. The average molecular weight is 186 g/mol. The lowest BCUT2D eigenvalue weighted by atomic mass is 9.94. The van der Waals surface area contributed by atoms with Gasteiger partial charge in [-0.05, 0) is 38.5 Å². The van der Waals surface area contributed by atoms with E-state index in [1.807, 2.05) is 0 Å². The number of nitrogens with one attached hydrogen (secondary N) is 1. The van der Waals surface area contributed by atoms with Crippen molar-refractivity contribution in [2.75, 3.05) is 26.7 Å². The minimum Gasteiger partial charge on any atom is -0.318 e. The molecule has 0 saturated carbocycles. The Bertz CT molecular complexity index is 174. The van der Waals surface area contributed by atoms with Gasteiger partial charge in [0, 0.05) is 18.6 Å². The van der Waals surface area contributed by atoms with Gasteiger partial charge in [0.05, 0.1) is 0 Å². The lowest BCUT2D eigenvalue weighted by molar-refractivity contribution is 0.193. The summed E-state index contributed by atoms with van der Waals surface area (Å²) >= 11 is 0. The van der Waals surface area contributed by atoms with Crippen LogP contribution in [0.15, 0.2) is 0 Å². The maximum absolute atomic E-state index is 3.34. The number of hydrogen-bond acceptors (Lipinski definition) is 2. The molecule has 2 nitrogen and oxygen atoms in total. The third-order valence-electron chi connectivity index (χ3n) is 3.34. The van der Waals surface area contributed by atoms with E-state index in [-0.39, 0.29) is 0 Å². The molecule has 2 aliphatic rings. The van der Waals surface area contributed by atoms with Crippen LogP contribution in [0.1, 0.15) is 19.3 Å². The van der Waals surface area contributed by atoms with Gasteiger partial charge in [0.15, 0.2) is 0 Å². The molecule has 2 aliphatic heterocycles. The van der Waals surface area contributed by atoms with Crippen LogP contribution in [0.4, 0.5) is 0 Å². The Morgan fingerprint density at radius 3 is 3.25 bits per heavy atom. The summed E-state index contributed by atoms with van der Waals surface area (Å²) in [4.78, 5) is 2.68. The maximum Gasteiger partial charge on any atom is 0.0340 e. The van der Waals surface area contributed by atoms with E-state index >= 15 is 0 Å². The number of likely N-dealkylation sites (N-methyl/N-ethyl adjacent to an activating group) is 1. The van der Waals surface area contributed by atoms with E-state index in [0.29, 0.717) is 5.54 Å². The van der Waals surface area contributed by atoms with Gasteiger partial charge >= 0.3 is 0 Å². The molecule has 0 radical (unpaired) electrons. The zero-order valence-electron chi connectivity index (χ0n) is 7.84. The molecule has 0 aromatic rings. The third kappa shape index (κ3) is 1.30. The van der Waals surface area contributed by atoms with Crippen LogP contribution >= 0.6 is 9.24 Å². The van der Waals surface area contributed by atoms with Crippen LogP contribution in [0.3, 0.4) is 0 Å². The molecule has 3 heteroatoms. The van der Waals surface area contributed by atoms with Crippen LogP contribution in [0, 0.1) is 0 Å². The SMILES string of the molecule is CNC[C@@]12CCCN1CC(P)C2. The Kier molecular flexibility index (Phi) is 2.42. The Hall–Kier alpha value is 0.350. The highest BCUT2D eigenvalue weighted by Gasteiger charge is 2.46. The summed E-state index contributed by atoms with van der Waals surface area (Å²) in [7, 11) is 5.05. The van der Waals surface area contributed by atoms with Crippen molar-refractivity contribution in [3.05, 3.63) is 0 Å². The minimum absolute atomic E-state index is 0.529. The third-order valence-corrected chi connectivity index (χ3v) is 3.79. The van der Waals surface area contributed by atoms with E-state index in [0.717, 1.165) is 5.66 Å². The van der Waals surface area contributed by atoms with Gasteiger partial charge in [-0.15, -0.1) is 9.24 Å². The fourth-order valence-corrected chi connectivity index (χ4v) is 3.64. The molecule has 2 rings (SSSR count). The summed E-state index contributed by atoms with van der Waals surface area (Å²) in [6.45, 7) is 3.80. The maximum atomic E-state index is 3.34. The number of hydrogen-bond donors (Lipinski definition) is 1. The Balaban J connectivity index is 2.09. The first kappa shape index (κ1) is 8.93. The Morgan fingerprint density at radius 1 is 1.67 bits per heavy atom. The Labute approximate surface area is 77.3 Å². The molecule has 2 fully saturated rings. The van der Waals surface area contributed by atoms with Crippen molar-refractivity contribution in [1.29, 1.82) is 0 Å². The lowest BCUT2D eigenvalue weighted by Crippen LogP contribution is -2.45. The fourth-order valence-electron chi connectivity index (χ4n) is 2.95.